The van der Waals surface area contributed by atoms with E-state index >= 15 is 0 Å². The minimum Gasteiger partial charge on any atom is -0.279 e. The first-order valence-corrected chi connectivity index (χ1v) is 10.6. The van der Waals surface area contributed by atoms with Crippen molar-refractivity contribution < 1.29 is 0 Å². The van der Waals surface area contributed by atoms with E-state index in [1.54, 1.807) is 34.7 Å². The van der Waals surface area contributed by atoms with Gasteiger partial charge in [-0.2, -0.15) is 0 Å². The van der Waals surface area contributed by atoms with Gasteiger partial charge in [0.1, 0.15) is 4.83 Å². The molecule has 0 saturated carbocycles. The fraction of sp³-hybridized carbons (Fsp3) is 0.611. The molecule has 7 heteroatoms. The van der Waals surface area contributed by atoms with E-state index < -0.39 is 0 Å². The van der Waals surface area contributed by atoms with Crippen molar-refractivity contribution in [2.75, 3.05) is 5.75 Å². The van der Waals surface area contributed by atoms with Crippen molar-refractivity contribution in [3.05, 3.63) is 20.8 Å². The minimum atomic E-state index is 0.0645. The third kappa shape index (κ3) is 2.54. The Bertz CT molecular complexity index is 1020. The van der Waals surface area contributed by atoms with Gasteiger partial charge < -0.3 is 0 Å². The zero-order chi connectivity index (χ0) is 17.9. The summed E-state index contributed by atoms with van der Waals surface area (Å²) in [6.45, 7) is 9.08. The van der Waals surface area contributed by atoms with Crippen LogP contribution in [0.25, 0.3) is 16.0 Å². The zero-order valence-electron chi connectivity index (χ0n) is 15.4. The van der Waals surface area contributed by atoms with Crippen LogP contribution >= 0.6 is 23.1 Å². The lowest BCUT2D eigenvalue weighted by Crippen LogP contribution is -2.27. The molecule has 0 saturated heterocycles. The Morgan fingerprint density at radius 3 is 2.76 bits per heavy atom. The lowest BCUT2D eigenvalue weighted by atomic mass is 9.72. The van der Waals surface area contributed by atoms with E-state index in [4.69, 9.17) is 0 Å². The number of fused-ring (bicyclic) bond motifs is 5. The van der Waals surface area contributed by atoms with E-state index in [9.17, 15) is 4.79 Å². The van der Waals surface area contributed by atoms with Crippen LogP contribution < -0.4 is 5.56 Å². The van der Waals surface area contributed by atoms with E-state index in [1.807, 2.05) is 0 Å². The lowest BCUT2D eigenvalue weighted by molar-refractivity contribution is 0.218. The molecule has 0 spiro atoms. The fourth-order valence-electron chi connectivity index (χ4n) is 3.83. The molecule has 3 heterocycles. The summed E-state index contributed by atoms with van der Waals surface area (Å²) in [7, 11) is 1.80. The standard InChI is InChI=1S/C18H24N4OS2/c1-6-24-17-20-19-16-21(5)14(23)13-11-8-7-10(18(2,3)4)9-12(11)25-15(13)22(16)17/h10H,6-9H2,1-5H3. The van der Waals surface area contributed by atoms with E-state index in [1.165, 1.54) is 10.4 Å². The Labute approximate surface area is 155 Å². The monoisotopic (exact) mass is 376 g/mol. The third-order valence-corrected chi connectivity index (χ3v) is 7.43. The third-order valence-electron chi connectivity index (χ3n) is 5.38. The molecule has 0 N–H and O–H groups in total. The van der Waals surface area contributed by atoms with Gasteiger partial charge in [0.05, 0.1) is 5.39 Å². The number of aromatic nitrogens is 4. The van der Waals surface area contributed by atoms with Crippen molar-refractivity contribution in [1.29, 1.82) is 0 Å². The second kappa shape index (κ2) is 5.84. The maximum Gasteiger partial charge on any atom is 0.263 e. The number of thioether (sulfide) groups is 1. The molecule has 1 aliphatic carbocycles. The smallest absolute Gasteiger partial charge is 0.263 e. The number of aryl methyl sites for hydroxylation is 2. The van der Waals surface area contributed by atoms with Gasteiger partial charge in [-0.25, -0.2) is 4.40 Å². The van der Waals surface area contributed by atoms with Crippen LogP contribution in [0.4, 0.5) is 0 Å². The Morgan fingerprint density at radius 2 is 2.08 bits per heavy atom. The van der Waals surface area contributed by atoms with Crippen LogP contribution in [-0.2, 0) is 19.9 Å². The normalized spacial score (nSPS) is 18.2. The largest absolute Gasteiger partial charge is 0.279 e. The molecule has 0 bridgehead atoms. The molecule has 0 aliphatic heterocycles. The van der Waals surface area contributed by atoms with Crippen LogP contribution in [0.15, 0.2) is 9.95 Å². The first-order valence-electron chi connectivity index (χ1n) is 8.84. The SMILES string of the molecule is CCSc1nnc2n(C)c(=O)c3c4c(sc3n12)CC(C(C)(C)C)CC4. The Balaban J connectivity index is 2.01. The molecule has 4 rings (SSSR count). The average Bonchev–Trinajstić information content (AvgIpc) is 3.12. The summed E-state index contributed by atoms with van der Waals surface area (Å²) in [5.74, 6) is 2.24. The molecule has 1 unspecified atom stereocenters. The maximum atomic E-state index is 13.0. The van der Waals surface area contributed by atoms with Crippen molar-refractivity contribution >= 4 is 39.1 Å². The number of nitrogens with zero attached hydrogens (tertiary/aromatic N) is 4. The van der Waals surface area contributed by atoms with Gasteiger partial charge in [-0.3, -0.25) is 9.36 Å². The van der Waals surface area contributed by atoms with Crippen molar-refractivity contribution in [2.45, 2.75) is 52.1 Å². The summed E-state index contributed by atoms with van der Waals surface area (Å²) in [5, 5.41) is 10.4. The maximum absolute atomic E-state index is 13.0. The summed E-state index contributed by atoms with van der Waals surface area (Å²) in [5.41, 5.74) is 1.63. The van der Waals surface area contributed by atoms with E-state index in [0.717, 1.165) is 40.4 Å². The summed E-state index contributed by atoms with van der Waals surface area (Å²) in [4.78, 5) is 15.4. The number of rotatable bonds is 2. The molecule has 0 radical (unpaired) electrons. The van der Waals surface area contributed by atoms with Crippen molar-refractivity contribution in [1.82, 2.24) is 19.2 Å². The molecule has 1 aliphatic rings. The second-order valence-electron chi connectivity index (χ2n) is 7.90. The van der Waals surface area contributed by atoms with Crippen molar-refractivity contribution in [3.63, 3.8) is 0 Å². The molecule has 3 aromatic heterocycles. The van der Waals surface area contributed by atoms with Crippen LogP contribution in [0, 0.1) is 11.3 Å². The highest BCUT2D eigenvalue weighted by atomic mass is 32.2. The number of hydrogen-bond donors (Lipinski definition) is 0. The molecular formula is C18H24N4OS2. The van der Waals surface area contributed by atoms with Gasteiger partial charge in [-0.1, -0.05) is 39.5 Å². The second-order valence-corrected chi connectivity index (χ2v) is 10.2. The van der Waals surface area contributed by atoms with Gasteiger partial charge in [0.2, 0.25) is 5.78 Å². The highest BCUT2D eigenvalue weighted by molar-refractivity contribution is 7.99. The van der Waals surface area contributed by atoms with Crippen molar-refractivity contribution in [3.8, 4) is 0 Å². The molecular weight excluding hydrogens is 352 g/mol. The topological polar surface area (TPSA) is 52.2 Å². The Morgan fingerprint density at radius 1 is 1.32 bits per heavy atom. The van der Waals surface area contributed by atoms with Crippen LogP contribution in [0.3, 0.4) is 0 Å². The van der Waals surface area contributed by atoms with Gasteiger partial charge in [-0.05, 0) is 41.9 Å². The summed E-state index contributed by atoms with van der Waals surface area (Å²) in [6, 6.07) is 0. The molecule has 5 nitrogen and oxygen atoms in total. The predicted molar refractivity (Wildman–Crippen MR) is 105 cm³/mol. The van der Waals surface area contributed by atoms with Gasteiger partial charge in [0.25, 0.3) is 5.56 Å². The van der Waals surface area contributed by atoms with Crippen LogP contribution in [-0.4, -0.2) is 24.9 Å². The summed E-state index contributed by atoms with van der Waals surface area (Å²) < 4.78 is 3.73. The first kappa shape index (κ1) is 17.1. The molecule has 0 fully saturated rings. The minimum absolute atomic E-state index is 0.0645. The van der Waals surface area contributed by atoms with Gasteiger partial charge in [0, 0.05) is 11.9 Å². The Kier molecular flexibility index (Phi) is 3.99. The van der Waals surface area contributed by atoms with Crippen molar-refractivity contribution in [2.24, 2.45) is 18.4 Å². The summed E-state index contributed by atoms with van der Waals surface area (Å²) in [6.07, 6.45) is 3.22. The van der Waals surface area contributed by atoms with Crippen LogP contribution in [0.5, 0.6) is 0 Å². The van der Waals surface area contributed by atoms with Crippen LogP contribution in [0.1, 0.15) is 44.6 Å². The van der Waals surface area contributed by atoms with E-state index in [-0.39, 0.29) is 5.56 Å². The average molecular weight is 377 g/mol. The van der Waals surface area contributed by atoms with Gasteiger partial charge in [-0.15, -0.1) is 21.5 Å². The molecule has 3 aromatic rings. The predicted octanol–water partition coefficient (Wildman–Crippen LogP) is 3.91. The molecule has 134 valence electrons. The zero-order valence-corrected chi connectivity index (χ0v) is 17.1. The van der Waals surface area contributed by atoms with Gasteiger partial charge >= 0.3 is 0 Å². The number of thiophene rings is 1. The van der Waals surface area contributed by atoms with Gasteiger partial charge in [0.15, 0.2) is 5.16 Å². The number of hydrogen-bond acceptors (Lipinski definition) is 5. The first-order chi connectivity index (χ1) is 11.8. The summed E-state index contributed by atoms with van der Waals surface area (Å²) >= 11 is 3.45. The molecule has 0 amide bonds. The lowest BCUT2D eigenvalue weighted by Gasteiger charge is -2.33. The molecule has 25 heavy (non-hydrogen) atoms. The fourth-order valence-corrected chi connectivity index (χ4v) is 5.96. The quantitative estimate of drug-likeness (QED) is 0.637. The van der Waals surface area contributed by atoms with Crippen LogP contribution in [0.2, 0.25) is 0 Å². The van der Waals surface area contributed by atoms with E-state index in [0.29, 0.717) is 17.1 Å². The Hall–Kier alpha value is -1.34. The molecule has 0 aromatic carbocycles. The molecule has 1 atom stereocenters. The highest BCUT2D eigenvalue weighted by Gasteiger charge is 2.32. The highest BCUT2D eigenvalue weighted by Crippen LogP contribution is 2.42. The van der Waals surface area contributed by atoms with E-state index in [2.05, 4.69) is 42.3 Å².